The van der Waals surface area contributed by atoms with Crippen molar-refractivity contribution in [1.29, 1.82) is 0 Å². The van der Waals surface area contributed by atoms with Crippen molar-refractivity contribution < 1.29 is 0 Å². The Morgan fingerprint density at radius 2 is 2.06 bits per heavy atom. The second-order valence-electron chi connectivity index (χ2n) is 3.81. The third-order valence-corrected chi connectivity index (χ3v) is 3.40. The lowest BCUT2D eigenvalue weighted by molar-refractivity contribution is 0.638. The molecule has 0 saturated carbocycles. The molecule has 0 aliphatic rings. The van der Waals surface area contributed by atoms with Gasteiger partial charge in [0.25, 0.3) is 0 Å². The average Bonchev–Trinajstić information content (AvgIpc) is 2.81. The lowest BCUT2D eigenvalue weighted by Gasteiger charge is -2.16. The lowest BCUT2D eigenvalue weighted by atomic mass is 10.0. The molecule has 1 N–H and O–H groups in total. The minimum absolute atomic E-state index is 0.276. The number of thiazole rings is 1. The molecule has 0 fully saturated rings. The molecule has 0 aliphatic carbocycles. The molecule has 1 aromatic heterocycles. The van der Waals surface area contributed by atoms with Gasteiger partial charge in [-0.05, 0) is 19.0 Å². The van der Waals surface area contributed by atoms with Gasteiger partial charge in [0.05, 0.1) is 11.6 Å². The van der Waals surface area contributed by atoms with E-state index in [1.165, 1.54) is 16.0 Å². The monoisotopic (exact) mass is 232 g/mol. The zero-order valence-corrected chi connectivity index (χ0v) is 10.4. The Hall–Kier alpha value is -1.19. The summed E-state index contributed by atoms with van der Waals surface area (Å²) < 4.78 is 0. The Morgan fingerprint density at radius 3 is 2.62 bits per heavy atom. The van der Waals surface area contributed by atoms with Crippen molar-refractivity contribution in [2.75, 3.05) is 6.54 Å². The summed E-state index contributed by atoms with van der Waals surface area (Å²) in [7, 11) is 0. The molecule has 0 radical (unpaired) electrons. The fourth-order valence-electron chi connectivity index (χ4n) is 1.71. The molecule has 0 amide bonds. The number of benzene rings is 1. The SMILES string of the molecule is CCNC(c1ccc(C)cc1)c1cncs1. The topological polar surface area (TPSA) is 24.9 Å². The van der Waals surface area contributed by atoms with E-state index in [1.807, 2.05) is 11.7 Å². The lowest BCUT2D eigenvalue weighted by Crippen LogP contribution is -2.21. The van der Waals surface area contributed by atoms with E-state index < -0.39 is 0 Å². The number of rotatable bonds is 4. The van der Waals surface area contributed by atoms with Crippen LogP contribution in [0.4, 0.5) is 0 Å². The van der Waals surface area contributed by atoms with Crippen LogP contribution in [0.15, 0.2) is 36.0 Å². The quantitative estimate of drug-likeness (QED) is 0.876. The smallest absolute Gasteiger partial charge is 0.0794 e. The summed E-state index contributed by atoms with van der Waals surface area (Å²) in [6.45, 7) is 5.19. The van der Waals surface area contributed by atoms with Crippen molar-refractivity contribution in [1.82, 2.24) is 10.3 Å². The molecule has 2 aromatic rings. The number of hydrogen-bond donors (Lipinski definition) is 1. The fourth-order valence-corrected chi connectivity index (χ4v) is 2.43. The van der Waals surface area contributed by atoms with E-state index in [-0.39, 0.29) is 6.04 Å². The van der Waals surface area contributed by atoms with Crippen LogP contribution in [0.5, 0.6) is 0 Å². The summed E-state index contributed by atoms with van der Waals surface area (Å²) in [5, 5.41) is 3.49. The van der Waals surface area contributed by atoms with Crippen molar-refractivity contribution >= 4 is 11.3 Å². The van der Waals surface area contributed by atoms with Gasteiger partial charge >= 0.3 is 0 Å². The van der Waals surface area contributed by atoms with Crippen LogP contribution in [0.25, 0.3) is 0 Å². The minimum Gasteiger partial charge on any atom is -0.306 e. The van der Waals surface area contributed by atoms with Crippen LogP contribution in [0, 0.1) is 6.92 Å². The first-order chi connectivity index (χ1) is 7.81. The molecule has 2 nitrogen and oxygen atoms in total. The van der Waals surface area contributed by atoms with Gasteiger partial charge in [-0.15, -0.1) is 11.3 Å². The van der Waals surface area contributed by atoms with Gasteiger partial charge in [-0.2, -0.15) is 0 Å². The first-order valence-electron chi connectivity index (χ1n) is 5.49. The molecule has 1 atom stereocenters. The molecule has 3 heteroatoms. The van der Waals surface area contributed by atoms with Crippen LogP contribution in [-0.4, -0.2) is 11.5 Å². The van der Waals surface area contributed by atoms with Gasteiger partial charge < -0.3 is 5.32 Å². The third-order valence-electron chi connectivity index (χ3n) is 2.55. The highest BCUT2D eigenvalue weighted by Crippen LogP contribution is 2.24. The van der Waals surface area contributed by atoms with Crippen LogP contribution in [0.3, 0.4) is 0 Å². The molecule has 1 heterocycles. The second kappa shape index (κ2) is 5.23. The first-order valence-corrected chi connectivity index (χ1v) is 6.37. The number of nitrogens with one attached hydrogen (secondary N) is 1. The van der Waals surface area contributed by atoms with E-state index in [1.54, 1.807) is 11.3 Å². The molecule has 84 valence electrons. The Balaban J connectivity index is 2.29. The summed E-state index contributed by atoms with van der Waals surface area (Å²) in [6, 6.07) is 8.95. The largest absolute Gasteiger partial charge is 0.306 e. The van der Waals surface area contributed by atoms with Crippen molar-refractivity contribution in [3.8, 4) is 0 Å². The molecule has 0 aliphatic heterocycles. The molecule has 1 aromatic carbocycles. The third kappa shape index (κ3) is 2.49. The molecule has 0 saturated heterocycles. The van der Waals surface area contributed by atoms with Crippen LogP contribution >= 0.6 is 11.3 Å². The summed E-state index contributed by atoms with van der Waals surface area (Å²) in [4.78, 5) is 5.42. The Kier molecular flexibility index (Phi) is 3.70. The summed E-state index contributed by atoms with van der Waals surface area (Å²) in [6.07, 6.45) is 1.94. The maximum Gasteiger partial charge on any atom is 0.0794 e. The zero-order valence-electron chi connectivity index (χ0n) is 9.60. The van der Waals surface area contributed by atoms with Gasteiger partial charge in [0.1, 0.15) is 0 Å². The summed E-state index contributed by atoms with van der Waals surface area (Å²) in [5.41, 5.74) is 4.48. The molecule has 1 unspecified atom stereocenters. The molecule has 0 bridgehead atoms. The highest BCUT2D eigenvalue weighted by molar-refractivity contribution is 7.09. The van der Waals surface area contributed by atoms with Gasteiger partial charge in [0, 0.05) is 11.1 Å². The molecular weight excluding hydrogens is 216 g/mol. The van der Waals surface area contributed by atoms with E-state index in [2.05, 4.69) is 48.4 Å². The van der Waals surface area contributed by atoms with Gasteiger partial charge in [0.15, 0.2) is 0 Å². The predicted octanol–water partition coefficient (Wildman–Crippen LogP) is 3.15. The first kappa shape index (κ1) is 11.3. The maximum absolute atomic E-state index is 4.15. The van der Waals surface area contributed by atoms with Gasteiger partial charge in [-0.1, -0.05) is 36.8 Å². The van der Waals surface area contributed by atoms with E-state index in [9.17, 15) is 0 Å². The van der Waals surface area contributed by atoms with E-state index in [0.717, 1.165) is 6.54 Å². The zero-order chi connectivity index (χ0) is 11.4. The maximum atomic E-state index is 4.15. The number of aryl methyl sites for hydroxylation is 1. The highest BCUT2D eigenvalue weighted by Gasteiger charge is 2.13. The average molecular weight is 232 g/mol. The van der Waals surface area contributed by atoms with E-state index in [0.29, 0.717) is 0 Å². The Morgan fingerprint density at radius 1 is 1.31 bits per heavy atom. The van der Waals surface area contributed by atoms with Gasteiger partial charge in [0.2, 0.25) is 0 Å². The summed E-state index contributed by atoms with van der Waals surface area (Å²) in [5.74, 6) is 0. The number of hydrogen-bond acceptors (Lipinski definition) is 3. The minimum atomic E-state index is 0.276. The van der Waals surface area contributed by atoms with Crippen molar-refractivity contribution in [2.24, 2.45) is 0 Å². The molecule has 16 heavy (non-hydrogen) atoms. The predicted molar refractivity (Wildman–Crippen MR) is 68.8 cm³/mol. The van der Waals surface area contributed by atoms with E-state index in [4.69, 9.17) is 0 Å². The van der Waals surface area contributed by atoms with Gasteiger partial charge in [-0.3, -0.25) is 4.98 Å². The molecule has 2 rings (SSSR count). The number of aromatic nitrogens is 1. The van der Waals surface area contributed by atoms with Crippen molar-refractivity contribution in [2.45, 2.75) is 19.9 Å². The van der Waals surface area contributed by atoms with Crippen molar-refractivity contribution in [3.63, 3.8) is 0 Å². The fraction of sp³-hybridized carbons (Fsp3) is 0.308. The van der Waals surface area contributed by atoms with Crippen molar-refractivity contribution in [3.05, 3.63) is 52.0 Å². The normalized spacial score (nSPS) is 12.6. The van der Waals surface area contributed by atoms with E-state index >= 15 is 0 Å². The van der Waals surface area contributed by atoms with Gasteiger partial charge in [-0.25, -0.2) is 0 Å². The standard InChI is InChI=1S/C13H16N2S/c1-3-15-13(12-8-14-9-16-12)11-6-4-10(2)5-7-11/h4-9,13,15H,3H2,1-2H3. The van der Waals surface area contributed by atoms with Crippen LogP contribution in [0.2, 0.25) is 0 Å². The van der Waals surface area contributed by atoms with Crippen LogP contribution in [-0.2, 0) is 0 Å². The second-order valence-corrected chi connectivity index (χ2v) is 4.72. The summed E-state index contributed by atoms with van der Waals surface area (Å²) >= 11 is 1.70. The highest BCUT2D eigenvalue weighted by atomic mass is 32.1. The Bertz CT molecular complexity index is 420. The number of nitrogens with zero attached hydrogens (tertiary/aromatic N) is 1. The Labute approximate surface area is 100 Å². The molecule has 0 spiro atoms. The van der Waals surface area contributed by atoms with Crippen LogP contribution < -0.4 is 5.32 Å². The van der Waals surface area contributed by atoms with Crippen LogP contribution in [0.1, 0.15) is 29.0 Å². The molecular formula is C13H16N2S.